The average molecular weight is 379 g/mol. The van der Waals surface area contributed by atoms with E-state index in [0.29, 0.717) is 5.69 Å². The van der Waals surface area contributed by atoms with Crippen LogP contribution in [-0.2, 0) is 0 Å². The van der Waals surface area contributed by atoms with Crippen LogP contribution in [0.1, 0.15) is 0 Å². The number of rotatable bonds is 3. The van der Waals surface area contributed by atoms with E-state index in [-0.39, 0.29) is 5.82 Å². The van der Waals surface area contributed by atoms with Crippen LogP contribution < -0.4 is 0 Å². The summed E-state index contributed by atoms with van der Waals surface area (Å²) in [6.07, 6.45) is 5.60. The minimum Gasteiger partial charge on any atom is -0.299 e. The summed E-state index contributed by atoms with van der Waals surface area (Å²) in [6, 6.07) is 17.7. The minimum atomic E-state index is -0.275. The molecule has 6 heteroatoms. The van der Waals surface area contributed by atoms with E-state index in [9.17, 15) is 4.39 Å². The predicted octanol–water partition coefficient (Wildman–Crippen LogP) is 5.75. The number of fused-ring (bicyclic) bond motifs is 1. The highest BCUT2D eigenvalue weighted by atomic mass is 19.1. The maximum absolute atomic E-state index is 13.3. The van der Waals surface area contributed by atoms with Crippen LogP contribution in [0.4, 0.5) is 10.1 Å². The van der Waals surface area contributed by atoms with E-state index in [1.54, 1.807) is 30.5 Å². The predicted molar refractivity (Wildman–Crippen MR) is 110 cm³/mol. The molecule has 2 aromatic carbocycles. The first-order chi connectivity index (χ1) is 14.2. The maximum atomic E-state index is 13.3. The fourth-order valence-corrected chi connectivity index (χ4v) is 3.40. The lowest BCUT2D eigenvalue weighted by Crippen LogP contribution is -1.91. The van der Waals surface area contributed by atoms with Gasteiger partial charge in [-0.2, -0.15) is 5.10 Å². The molecule has 0 saturated carbocycles. The van der Waals surface area contributed by atoms with Crippen molar-refractivity contribution in [1.82, 2.24) is 19.6 Å². The van der Waals surface area contributed by atoms with Crippen molar-refractivity contribution in [2.24, 2.45) is 0 Å². The molecule has 0 aliphatic carbocycles. The second-order valence-corrected chi connectivity index (χ2v) is 6.61. The lowest BCUT2D eigenvalue weighted by atomic mass is 10.0. The largest absolute Gasteiger partial charge is 0.299 e. The molecular weight excluding hydrogens is 365 g/mol. The van der Waals surface area contributed by atoms with Gasteiger partial charge < -0.3 is 0 Å². The van der Waals surface area contributed by atoms with Crippen LogP contribution in [0.2, 0.25) is 0 Å². The van der Waals surface area contributed by atoms with E-state index in [2.05, 4.69) is 20.0 Å². The van der Waals surface area contributed by atoms with Crippen LogP contribution in [-0.4, -0.2) is 19.6 Å². The molecule has 5 rings (SSSR count). The molecule has 0 aliphatic heterocycles. The first-order valence-electron chi connectivity index (χ1n) is 8.97. The van der Waals surface area contributed by atoms with E-state index in [4.69, 9.17) is 6.57 Å². The Morgan fingerprint density at radius 1 is 0.862 bits per heavy atom. The van der Waals surface area contributed by atoms with Crippen molar-refractivity contribution in [3.63, 3.8) is 0 Å². The second kappa shape index (κ2) is 6.73. The van der Waals surface area contributed by atoms with E-state index >= 15 is 0 Å². The molecule has 0 saturated heterocycles. The number of nitrogens with zero attached hydrogens (tertiary/aromatic N) is 4. The normalized spacial score (nSPS) is 10.9. The summed E-state index contributed by atoms with van der Waals surface area (Å²) in [6.45, 7) is 7.11. The molecule has 0 unspecified atom stereocenters. The molecule has 0 spiro atoms. The highest BCUT2D eigenvalue weighted by Crippen LogP contribution is 2.32. The molecule has 29 heavy (non-hydrogen) atoms. The van der Waals surface area contributed by atoms with Gasteiger partial charge in [0.25, 0.3) is 0 Å². The Morgan fingerprint density at radius 3 is 2.34 bits per heavy atom. The number of H-pyrrole nitrogens is 1. The summed E-state index contributed by atoms with van der Waals surface area (Å²) in [4.78, 5) is 7.93. The number of imidazole rings is 1. The molecule has 5 nitrogen and oxygen atoms in total. The zero-order valence-electron chi connectivity index (χ0n) is 15.2. The van der Waals surface area contributed by atoms with Gasteiger partial charge in [0.1, 0.15) is 11.5 Å². The first-order valence-corrected chi connectivity index (χ1v) is 8.97. The zero-order chi connectivity index (χ0) is 19.8. The van der Waals surface area contributed by atoms with Crippen molar-refractivity contribution < 1.29 is 4.39 Å². The molecule has 0 bridgehead atoms. The minimum absolute atomic E-state index is 0.275. The Bertz CT molecular complexity index is 1360. The Kier molecular flexibility index (Phi) is 3.92. The Morgan fingerprint density at radius 2 is 1.59 bits per heavy atom. The van der Waals surface area contributed by atoms with Crippen LogP contribution >= 0.6 is 0 Å². The van der Waals surface area contributed by atoms with Crippen molar-refractivity contribution in [3.05, 3.63) is 96.5 Å². The Labute approximate surface area is 165 Å². The Balaban J connectivity index is 1.62. The fourth-order valence-electron chi connectivity index (χ4n) is 3.40. The number of hydrogen-bond donors (Lipinski definition) is 1. The van der Waals surface area contributed by atoms with Crippen LogP contribution in [0.5, 0.6) is 0 Å². The third kappa shape index (κ3) is 2.95. The summed E-state index contributed by atoms with van der Waals surface area (Å²) in [5.41, 5.74) is 6.91. The van der Waals surface area contributed by atoms with Gasteiger partial charge in [0, 0.05) is 22.9 Å². The number of halogens is 1. The number of pyridine rings is 1. The van der Waals surface area contributed by atoms with E-state index < -0.39 is 0 Å². The van der Waals surface area contributed by atoms with Crippen LogP contribution in [0, 0.1) is 12.4 Å². The fraction of sp³-hybridized carbons (Fsp3) is 0. The molecule has 5 aromatic rings. The highest BCUT2D eigenvalue weighted by Gasteiger charge is 2.13. The van der Waals surface area contributed by atoms with Crippen LogP contribution in [0.25, 0.3) is 44.1 Å². The molecule has 138 valence electrons. The van der Waals surface area contributed by atoms with E-state index in [1.807, 2.05) is 41.1 Å². The highest BCUT2D eigenvalue weighted by molar-refractivity contribution is 5.81. The summed E-state index contributed by atoms with van der Waals surface area (Å²) < 4.78 is 15.3. The number of nitrogens with one attached hydrogen (secondary N) is 1. The zero-order valence-corrected chi connectivity index (χ0v) is 15.2. The summed E-state index contributed by atoms with van der Waals surface area (Å²) in [5.74, 6) is -0.275. The van der Waals surface area contributed by atoms with Crippen molar-refractivity contribution in [2.45, 2.75) is 0 Å². The quantitative estimate of drug-likeness (QED) is 0.406. The van der Waals surface area contributed by atoms with Gasteiger partial charge in [0.2, 0.25) is 0 Å². The monoisotopic (exact) mass is 379 g/mol. The third-order valence-electron chi connectivity index (χ3n) is 4.88. The molecule has 0 radical (unpaired) electrons. The lowest BCUT2D eigenvalue weighted by molar-refractivity contribution is 0.628. The molecule has 3 aromatic heterocycles. The molecule has 3 heterocycles. The second-order valence-electron chi connectivity index (χ2n) is 6.61. The van der Waals surface area contributed by atoms with Gasteiger partial charge in [-0.05, 0) is 42.0 Å². The van der Waals surface area contributed by atoms with Gasteiger partial charge in [0.15, 0.2) is 5.69 Å². The topological polar surface area (TPSA) is 50.3 Å². The number of hydrogen-bond acceptors (Lipinski definition) is 2. The number of benzene rings is 2. The number of aromatic amines is 1. The molecule has 0 fully saturated rings. The SMILES string of the molecule is [C-]#[N+]c1ccc(-c2cnc3ccc(-c4cn[nH]c4-c4ccc(F)cc4)cn23)cc1. The Hall–Kier alpha value is -4.24. The molecule has 0 amide bonds. The number of aromatic nitrogens is 4. The summed E-state index contributed by atoms with van der Waals surface area (Å²) >= 11 is 0. The molecule has 0 atom stereocenters. The van der Waals surface area contributed by atoms with Crippen LogP contribution in [0.15, 0.2) is 79.3 Å². The maximum Gasteiger partial charge on any atom is 0.187 e. The molecule has 0 aliphatic rings. The van der Waals surface area contributed by atoms with Gasteiger partial charge in [-0.25, -0.2) is 14.2 Å². The third-order valence-corrected chi connectivity index (χ3v) is 4.88. The first kappa shape index (κ1) is 16.9. The van der Waals surface area contributed by atoms with E-state index in [0.717, 1.165) is 39.3 Å². The van der Waals surface area contributed by atoms with E-state index in [1.165, 1.54) is 12.1 Å². The van der Waals surface area contributed by atoms with Crippen molar-refractivity contribution in [1.29, 1.82) is 0 Å². The van der Waals surface area contributed by atoms with Gasteiger partial charge >= 0.3 is 0 Å². The molecule has 1 N–H and O–H groups in total. The van der Waals surface area contributed by atoms with Crippen LogP contribution in [0.3, 0.4) is 0 Å². The smallest absolute Gasteiger partial charge is 0.187 e. The van der Waals surface area contributed by atoms with Crippen molar-refractivity contribution >= 4 is 11.3 Å². The average Bonchev–Trinajstić information content (AvgIpc) is 3.41. The lowest BCUT2D eigenvalue weighted by Gasteiger charge is -2.07. The van der Waals surface area contributed by atoms with Gasteiger partial charge in [-0.3, -0.25) is 9.50 Å². The summed E-state index contributed by atoms with van der Waals surface area (Å²) in [7, 11) is 0. The van der Waals surface area contributed by atoms with Gasteiger partial charge in [-0.15, -0.1) is 0 Å². The molecular formula is C23H14FN5. The van der Waals surface area contributed by atoms with Crippen molar-refractivity contribution in [2.75, 3.05) is 0 Å². The van der Waals surface area contributed by atoms with Gasteiger partial charge in [0.05, 0.1) is 30.4 Å². The van der Waals surface area contributed by atoms with Gasteiger partial charge in [-0.1, -0.05) is 24.3 Å². The summed E-state index contributed by atoms with van der Waals surface area (Å²) in [5, 5.41) is 7.21. The standard InChI is InChI=1S/C23H14FN5/c1-25-19-9-4-15(5-10-19)21-13-26-22-11-6-17(14-29(21)22)20-12-27-28-23(20)16-2-7-18(24)8-3-16/h2-14H,(H,27,28). The van der Waals surface area contributed by atoms with Crippen molar-refractivity contribution in [3.8, 4) is 33.6 Å².